The fourth-order valence-corrected chi connectivity index (χ4v) is 2.02. The number of Topliss-reactive ketones (excluding diaryl/α,β-unsaturated/α-hetero) is 1. The molecule has 16 heavy (non-hydrogen) atoms. The van der Waals surface area contributed by atoms with Gasteiger partial charge in [0.1, 0.15) is 11.6 Å². The first-order valence-corrected chi connectivity index (χ1v) is 6.03. The Balaban J connectivity index is 2.70. The van der Waals surface area contributed by atoms with Crippen LogP contribution in [0, 0.1) is 11.2 Å². The van der Waals surface area contributed by atoms with Gasteiger partial charge in [0, 0.05) is 17.3 Å². The average Bonchev–Trinajstić information content (AvgIpc) is 2.06. The van der Waals surface area contributed by atoms with Crippen molar-refractivity contribution in [3.05, 3.63) is 34.1 Å². The van der Waals surface area contributed by atoms with Crippen LogP contribution in [0.25, 0.3) is 0 Å². The molecule has 1 rings (SSSR count). The molecule has 0 N–H and O–H groups in total. The first-order valence-electron chi connectivity index (χ1n) is 5.23. The van der Waals surface area contributed by atoms with Gasteiger partial charge in [-0.1, -0.05) is 42.8 Å². The molecule has 0 atom stereocenters. The normalized spacial score (nSPS) is 11.6. The smallest absolute Gasteiger partial charge is 0.137 e. The van der Waals surface area contributed by atoms with Gasteiger partial charge in [0.25, 0.3) is 0 Å². The van der Waals surface area contributed by atoms with Crippen molar-refractivity contribution in [2.75, 3.05) is 0 Å². The Morgan fingerprint density at radius 2 is 2.00 bits per heavy atom. The van der Waals surface area contributed by atoms with Gasteiger partial charge in [-0.3, -0.25) is 4.79 Å². The standard InChI is InChI=1S/C13H16BrFO/c1-13(2,3)8-11(16)6-9-4-5-10(15)7-12(9)14/h4-5,7H,6,8H2,1-3H3. The Morgan fingerprint density at radius 1 is 1.38 bits per heavy atom. The topological polar surface area (TPSA) is 17.1 Å². The fourth-order valence-electron chi connectivity index (χ4n) is 1.53. The van der Waals surface area contributed by atoms with Crippen molar-refractivity contribution < 1.29 is 9.18 Å². The quantitative estimate of drug-likeness (QED) is 0.816. The van der Waals surface area contributed by atoms with E-state index >= 15 is 0 Å². The van der Waals surface area contributed by atoms with E-state index in [1.54, 1.807) is 6.07 Å². The Hall–Kier alpha value is -0.700. The van der Waals surface area contributed by atoms with Gasteiger partial charge in [-0.15, -0.1) is 0 Å². The van der Waals surface area contributed by atoms with Crippen LogP contribution in [0.2, 0.25) is 0 Å². The van der Waals surface area contributed by atoms with Gasteiger partial charge in [-0.05, 0) is 23.1 Å². The maximum atomic E-state index is 12.8. The van der Waals surface area contributed by atoms with E-state index in [0.717, 1.165) is 5.56 Å². The van der Waals surface area contributed by atoms with Gasteiger partial charge in [0.2, 0.25) is 0 Å². The molecule has 0 fully saturated rings. The molecule has 0 saturated carbocycles. The van der Waals surface area contributed by atoms with Crippen LogP contribution in [0.4, 0.5) is 4.39 Å². The van der Waals surface area contributed by atoms with Crippen LogP contribution in [0.1, 0.15) is 32.8 Å². The summed E-state index contributed by atoms with van der Waals surface area (Å²) >= 11 is 3.26. The summed E-state index contributed by atoms with van der Waals surface area (Å²) in [4.78, 5) is 11.8. The second-order valence-electron chi connectivity index (χ2n) is 5.19. The van der Waals surface area contributed by atoms with E-state index in [-0.39, 0.29) is 17.0 Å². The molecule has 1 nitrogen and oxygen atoms in total. The molecule has 0 amide bonds. The number of halogens is 2. The van der Waals surface area contributed by atoms with E-state index in [2.05, 4.69) is 15.9 Å². The first kappa shape index (κ1) is 13.4. The third-order valence-electron chi connectivity index (χ3n) is 2.13. The molecule has 0 bridgehead atoms. The van der Waals surface area contributed by atoms with Crippen LogP contribution in [0.3, 0.4) is 0 Å². The van der Waals surface area contributed by atoms with Crippen LogP contribution in [-0.2, 0) is 11.2 Å². The van der Waals surface area contributed by atoms with Gasteiger partial charge in [0.15, 0.2) is 0 Å². The molecule has 1 aromatic rings. The highest BCUT2D eigenvalue weighted by molar-refractivity contribution is 9.10. The fraction of sp³-hybridized carbons (Fsp3) is 0.462. The second kappa shape index (κ2) is 5.09. The lowest BCUT2D eigenvalue weighted by molar-refractivity contribution is -0.120. The average molecular weight is 287 g/mol. The number of ketones is 1. The predicted molar refractivity (Wildman–Crippen MR) is 66.9 cm³/mol. The molecule has 0 aromatic heterocycles. The zero-order valence-electron chi connectivity index (χ0n) is 9.81. The molecule has 0 aliphatic carbocycles. The molecule has 0 heterocycles. The third kappa shape index (κ3) is 4.44. The lowest BCUT2D eigenvalue weighted by Crippen LogP contribution is -2.14. The zero-order chi connectivity index (χ0) is 12.3. The molecular weight excluding hydrogens is 271 g/mol. The Bertz CT molecular complexity index is 393. The van der Waals surface area contributed by atoms with Crippen LogP contribution in [0.5, 0.6) is 0 Å². The molecule has 0 unspecified atom stereocenters. The van der Waals surface area contributed by atoms with E-state index in [4.69, 9.17) is 0 Å². The van der Waals surface area contributed by atoms with Gasteiger partial charge >= 0.3 is 0 Å². The minimum Gasteiger partial charge on any atom is -0.299 e. The summed E-state index contributed by atoms with van der Waals surface area (Å²) in [5.74, 6) is -0.112. The van der Waals surface area contributed by atoms with Crippen molar-refractivity contribution in [1.82, 2.24) is 0 Å². The van der Waals surface area contributed by atoms with Crippen molar-refractivity contribution in [3.8, 4) is 0 Å². The van der Waals surface area contributed by atoms with Crippen molar-refractivity contribution in [3.63, 3.8) is 0 Å². The molecule has 3 heteroatoms. The summed E-state index contributed by atoms with van der Waals surface area (Å²) < 4.78 is 13.5. The van der Waals surface area contributed by atoms with Gasteiger partial charge in [-0.25, -0.2) is 4.39 Å². The summed E-state index contributed by atoms with van der Waals surface area (Å²) in [7, 11) is 0. The maximum absolute atomic E-state index is 12.8. The highest BCUT2D eigenvalue weighted by Crippen LogP contribution is 2.23. The Morgan fingerprint density at radius 3 is 2.50 bits per heavy atom. The predicted octanol–water partition coefficient (Wildman–Crippen LogP) is 4.14. The SMILES string of the molecule is CC(C)(C)CC(=O)Cc1ccc(F)cc1Br. The number of carbonyl (C=O) groups is 1. The van der Waals surface area contributed by atoms with E-state index in [9.17, 15) is 9.18 Å². The van der Waals surface area contributed by atoms with E-state index in [0.29, 0.717) is 17.3 Å². The molecule has 0 spiro atoms. The van der Waals surface area contributed by atoms with Crippen molar-refractivity contribution in [2.45, 2.75) is 33.6 Å². The van der Waals surface area contributed by atoms with E-state index < -0.39 is 0 Å². The van der Waals surface area contributed by atoms with Gasteiger partial charge in [0.05, 0.1) is 0 Å². The molecule has 0 saturated heterocycles. The zero-order valence-corrected chi connectivity index (χ0v) is 11.4. The lowest BCUT2D eigenvalue weighted by Gasteiger charge is -2.16. The van der Waals surface area contributed by atoms with Gasteiger partial charge in [-0.2, -0.15) is 0 Å². The minimum atomic E-state index is -0.293. The molecule has 0 radical (unpaired) electrons. The van der Waals surface area contributed by atoms with Crippen molar-refractivity contribution in [1.29, 1.82) is 0 Å². The summed E-state index contributed by atoms with van der Waals surface area (Å²) in [6.45, 7) is 6.10. The van der Waals surface area contributed by atoms with E-state index in [1.807, 2.05) is 20.8 Å². The molecule has 0 aliphatic heterocycles. The number of hydrogen-bond donors (Lipinski definition) is 0. The molecular formula is C13H16BrFO. The number of carbonyl (C=O) groups excluding carboxylic acids is 1. The lowest BCUT2D eigenvalue weighted by atomic mass is 9.88. The summed E-state index contributed by atoms with van der Waals surface area (Å²) in [5.41, 5.74) is 0.847. The van der Waals surface area contributed by atoms with E-state index in [1.165, 1.54) is 12.1 Å². The van der Waals surface area contributed by atoms with Crippen LogP contribution >= 0.6 is 15.9 Å². The second-order valence-corrected chi connectivity index (χ2v) is 6.04. The summed E-state index contributed by atoms with van der Waals surface area (Å²) in [6, 6.07) is 4.42. The Labute approximate surface area is 104 Å². The number of benzene rings is 1. The molecule has 1 aromatic carbocycles. The Kier molecular flexibility index (Phi) is 4.25. The minimum absolute atomic E-state index is 0.00356. The van der Waals surface area contributed by atoms with Crippen molar-refractivity contribution >= 4 is 21.7 Å². The molecule has 88 valence electrons. The monoisotopic (exact) mass is 286 g/mol. The van der Waals surface area contributed by atoms with Crippen LogP contribution in [0.15, 0.2) is 22.7 Å². The highest BCUT2D eigenvalue weighted by Gasteiger charge is 2.16. The highest BCUT2D eigenvalue weighted by atomic mass is 79.9. The van der Waals surface area contributed by atoms with Crippen LogP contribution in [-0.4, -0.2) is 5.78 Å². The third-order valence-corrected chi connectivity index (χ3v) is 2.87. The maximum Gasteiger partial charge on any atom is 0.137 e. The molecule has 0 aliphatic rings. The number of hydrogen-bond acceptors (Lipinski definition) is 1. The van der Waals surface area contributed by atoms with Crippen LogP contribution < -0.4 is 0 Å². The largest absolute Gasteiger partial charge is 0.299 e. The van der Waals surface area contributed by atoms with Crippen molar-refractivity contribution in [2.24, 2.45) is 5.41 Å². The summed E-state index contributed by atoms with van der Waals surface area (Å²) in [6.07, 6.45) is 0.898. The summed E-state index contributed by atoms with van der Waals surface area (Å²) in [5, 5.41) is 0. The van der Waals surface area contributed by atoms with Gasteiger partial charge < -0.3 is 0 Å². The first-order chi connectivity index (χ1) is 7.28. The number of rotatable bonds is 3.